The van der Waals surface area contributed by atoms with Gasteiger partial charge in [-0.25, -0.2) is 4.79 Å². The van der Waals surface area contributed by atoms with Crippen molar-refractivity contribution in [2.45, 2.75) is 65.5 Å². The molecule has 3 rings (SSSR count). The van der Waals surface area contributed by atoms with Crippen molar-refractivity contribution in [1.82, 2.24) is 10.2 Å². The van der Waals surface area contributed by atoms with Crippen LogP contribution in [-0.4, -0.2) is 34.6 Å². The van der Waals surface area contributed by atoms with Gasteiger partial charge in [-0.05, 0) is 30.4 Å². The van der Waals surface area contributed by atoms with Crippen LogP contribution < -0.4 is 10.2 Å². The number of nitrogens with one attached hydrogen (secondary N) is 1. The third-order valence-electron chi connectivity index (χ3n) is 5.13. The molecule has 29 heavy (non-hydrogen) atoms. The number of fused-ring (bicyclic) bond motifs is 1. The van der Waals surface area contributed by atoms with Crippen LogP contribution in [0.25, 0.3) is 0 Å². The van der Waals surface area contributed by atoms with Crippen molar-refractivity contribution < 1.29 is 29.0 Å². The predicted octanol–water partition coefficient (Wildman–Crippen LogP) is 2.67. The summed E-state index contributed by atoms with van der Waals surface area (Å²) in [5.41, 5.74) is 0.535. The fourth-order valence-corrected chi connectivity index (χ4v) is 3.94. The Morgan fingerprint density at radius 1 is 1.24 bits per heavy atom. The van der Waals surface area contributed by atoms with Crippen LogP contribution in [0.1, 0.15) is 75.3 Å². The van der Waals surface area contributed by atoms with E-state index in [1.165, 1.54) is 4.90 Å². The number of hydrogen-bond acceptors (Lipinski definition) is 6. The summed E-state index contributed by atoms with van der Waals surface area (Å²) in [6.07, 6.45) is 1.28. The fourth-order valence-electron chi connectivity index (χ4n) is 3.94. The van der Waals surface area contributed by atoms with Crippen LogP contribution in [0.4, 0.5) is 0 Å². The molecular weight excluding hydrogens is 376 g/mol. The molecule has 1 fully saturated rings. The van der Waals surface area contributed by atoms with E-state index in [-0.39, 0.29) is 36.8 Å². The second kappa shape index (κ2) is 7.85. The zero-order valence-electron chi connectivity index (χ0n) is 17.1. The van der Waals surface area contributed by atoms with E-state index in [1.807, 2.05) is 27.7 Å². The second-order valence-electron chi connectivity index (χ2n) is 8.45. The normalized spacial score (nSPS) is 21.7. The highest BCUT2D eigenvalue weighted by atomic mass is 17.2. The Kier molecular flexibility index (Phi) is 5.64. The zero-order valence-corrected chi connectivity index (χ0v) is 17.1. The summed E-state index contributed by atoms with van der Waals surface area (Å²) >= 11 is 0. The molecule has 2 aliphatic rings. The van der Waals surface area contributed by atoms with Gasteiger partial charge >= 0.3 is 5.97 Å². The van der Waals surface area contributed by atoms with Gasteiger partial charge in [0.15, 0.2) is 5.75 Å². The molecule has 1 aromatic carbocycles. The standard InChI is InChI=1S/C21H26N2O6/c1-5-7-16(25)29-28-14-9-6-8-12-17(14)18(21(2,3)4)23(20(12)27)13-10-11-15(24)22-19(13)26/h6,8-9,13,18H,5,7,10-11H2,1-4H3,(H,22,24,26). The molecule has 1 N–H and O–H groups in total. The smallest absolute Gasteiger partial charge is 0.319 e. The number of rotatable bonds is 5. The maximum atomic E-state index is 13.3. The van der Waals surface area contributed by atoms with Crippen LogP contribution in [0.15, 0.2) is 18.2 Å². The van der Waals surface area contributed by atoms with Gasteiger partial charge < -0.3 is 4.90 Å². The number of benzene rings is 1. The fraction of sp³-hybridized carbons (Fsp3) is 0.524. The van der Waals surface area contributed by atoms with Crippen molar-refractivity contribution in [3.63, 3.8) is 0 Å². The van der Waals surface area contributed by atoms with Crippen molar-refractivity contribution in [2.75, 3.05) is 0 Å². The van der Waals surface area contributed by atoms with Gasteiger partial charge in [0.25, 0.3) is 5.91 Å². The molecule has 2 heterocycles. The number of carbonyl (C=O) groups is 4. The van der Waals surface area contributed by atoms with Crippen LogP contribution in [0.5, 0.6) is 5.75 Å². The highest BCUT2D eigenvalue weighted by Crippen LogP contribution is 2.50. The SMILES string of the molecule is CCCC(=O)OOc1cccc2c1C(C(C)(C)C)N(C1CCC(=O)NC1=O)C2=O. The molecule has 8 heteroatoms. The van der Waals surface area contributed by atoms with E-state index in [2.05, 4.69) is 5.32 Å². The van der Waals surface area contributed by atoms with Crippen molar-refractivity contribution >= 4 is 23.7 Å². The predicted molar refractivity (Wildman–Crippen MR) is 103 cm³/mol. The van der Waals surface area contributed by atoms with E-state index in [9.17, 15) is 19.2 Å². The molecule has 2 atom stereocenters. The summed E-state index contributed by atoms with van der Waals surface area (Å²) < 4.78 is 0. The van der Waals surface area contributed by atoms with Crippen LogP contribution >= 0.6 is 0 Å². The summed E-state index contributed by atoms with van der Waals surface area (Å²) in [5, 5.41) is 2.32. The van der Waals surface area contributed by atoms with Gasteiger partial charge in [0.05, 0.1) is 6.04 Å². The molecule has 2 aliphatic heterocycles. The quantitative estimate of drug-likeness (QED) is 0.462. The molecule has 0 radical (unpaired) electrons. The van der Waals surface area contributed by atoms with E-state index in [0.29, 0.717) is 17.5 Å². The summed E-state index contributed by atoms with van der Waals surface area (Å²) in [4.78, 5) is 60.9. The van der Waals surface area contributed by atoms with E-state index < -0.39 is 29.4 Å². The van der Waals surface area contributed by atoms with E-state index in [4.69, 9.17) is 9.78 Å². The second-order valence-corrected chi connectivity index (χ2v) is 8.45. The zero-order chi connectivity index (χ0) is 21.3. The minimum Gasteiger partial charge on any atom is -0.319 e. The van der Waals surface area contributed by atoms with E-state index >= 15 is 0 Å². The molecule has 0 aromatic heterocycles. The Morgan fingerprint density at radius 2 is 1.97 bits per heavy atom. The van der Waals surface area contributed by atoms with Crippen molar-refractivity contribution in [2.24, 2.45) is 5.41 Å². The third-order valence-corrected chi connectivity index (χ3v) is 5.13. The van der Waals surface area contributed by atoms with Gasteiger partial charge in [0.2, 0.25) is 11.8 Å². The average Bonchev–Trinajstić information content (AvgIpc) is 2.94. The Balaban J connectivity index is 2.00. The Labute approximate surface area is 169 Å². The van der Waals surface area contributed by atoms with E-state index in [0.717, 1.165) is 0 Å². The molecule has 1 aromatic rings. The molecule has 0 saturated carbocycles. The van der Waals surface area contributed by atoms with Crippen LogP contribution in [-0.2, 0) is 19.3 Å². The molecule has 2 unspecified atom stereocenters. The highest BCUT2D eigenvalue weighted by Gasteiger charge is 2.50. The lowest BCUT2D eigenvalue weighted by Gasteiger charge is -2.40. The van der Waals surface area contributed by atoms with Crippen molar-refractivity contribution in [3.8, 4) is 5.75 Å². The van der Waals surface area contributed by atoms with Crippen LogP contribution in [0.2, 0.25) is 0 Å². The molecule has 0 aliphatic carbocycles. The molecule has 1 saturated heterocycles. The lowest BCUT2D eigenvalue weighted by molar-refractivity contribution is -0.214. The lowest BCUT2D eigenvalue weighted by atomic mass is 9.81. The Morgan fingerprint density at radius 3 is 2.59 bits per heavy atom. The minimum absolute atomic E-state index is 0.172. The summed E-state index contributed by atoms with van der Waals surface area (Å²) in [6.45, 7) is 7.73. The molecule has 0 bridgehead atoms. The third kappa shape index (κ3) is 3.97. The highest BCUT2D eigenvalue weighted by molar-refractivity contribution is 6.06. The molecule has 8 nitrogen and oxygen atoms in total. The van der Waals surface area contributed by atoms with Gasteiger partial charge in [-0.3, -0.25) is 29.5 Å². The summed E-state index contributed by atoms with van der Waals surface area (Å²) in [6, 6.07) is 3.71. The first-order valence-corrected chi connectivity index (χ1v) is 9.81. The van der Waals surface area contributed by atoms with Gasteiger partial charge in [-0.15, -0.1) is 0 Å². The molecule has 3 amide bonds. The largest absolute Gasteiger partial charge is 0.355 e. The number of piperidine rings is 1. The molecule has 156 valence electrons. The van der Waals surface area contributed by atoms with Crippen molar-refractivity contribution in [1.29, 1.82) is 0 Å². The number of hydrogen-bond donors (Lipinski definition) is 1. The monoisotopic (exact) mass is 402 g/mol. The van der Waals surface area contributed by atoms with Crippen molar-refractivity contribution in [3.05, 3.63) is 29.3 Å². The van der Waals surface area contributed by atoms with Gasteiger partial charge in [-0.1, -0.05) is 33.8 Å². The number of nitrogens with zero attached hydrogens (tertiary/aromatic N) is 1. The summed E-state index contributed by atoms with van der Waals surface area (Å²) in [7, 11) is 0. The Hall–Kier alpha value is -2.90. The maximum absolute atomic E-state index is 13.3. The van der Waals surface area contributed by atoms with Gasteiger partial charge in [0.1, 0.15) is 6.04 Å². The molecular formula is C21H26N2O6. The maximum Gasteiger partial charge on any atom is 0.355 e. The van der Waals surface area contributed by atoms with Crippen LogP contribution in [0.3, 0.4) is 0 Å². The lowest BCUT2D eigenvalue weighted by Crippen LogP contribution is -2.54. The minimum atomic E-state index is -0.757. The molecule has 0 spiro atoms. The summed E-state index contributed by atoms with van der Waals surface area (Å²) in [5.74, 6) is -1.35. The first-order valence-electron chi connectivity index (χ1n) is 9.81. The Bertz CT molecular complexity index is 857. The first kappa shape index (κ1) is 20.8. The number of amides is 3. The van der Waals surface area contributed by atoms with Gasteiger partial charge in [0, 0.05) is 24.0 Å². The number of carbonyl (C=O) groups excluding carboxylic acids is 4. The first-order chi connectivity index (χ1) is 13.6. The average molecular weight is 402 g/mol. The topological polar surface area (TPSA) is 102 Å². The number of imide groups is 1. The van der Waals surface area contributed by atoms with E-state index in [1.54, 1.807) is 18.2 Å². The van der Waals surface area contributed by atoms with Crippen LogP contribution in [0, 0.1) is 5.41 Å². The van der Waals surface area contributed by atoms with Gasteiger partial charge in [-0.2, -0.15) is 0 Å².